The number of likely N-dealkylation sites (N-methyl/N-ethyl adjacent to an activating group) is 1. The largest absolute Gasteiger partial charge is 0.492 e. The van der Waals surface area contributed by atoms with E-state index in [0.717, 1.165) is 29.8 Å². The van der Waals surface area contributed by atoms with Crippen molar-refractivity contribution < 1.29 is 24.5 Å². The first-order valence-corrected chi connectivity index (χ1v) is 9.42. The molecule has 146 valence electrons. The minimum atomic E-state index is -1.82. The van der Waals surface area contributed by atoms with Crippen LogP contribution in [0.1, 0.15) is 18.9 Å². The van der Waals surface area contributed by atoms with E-state index in [1.54, 1.807) is 0 Å². The van der Waals surface area contributed by atoms with Gasteiger partial charge >= 0.3 is 11.9 Å². The van der Waals surface area contributed by atoms with E-state index in [-0.39, 0.29) is 0 Å². The Balaban J connectivity index is 0.000000487. The minimum Gasteiger partial charge on any atom is -0.492 e. The Hall–Kier alpha value is -1.64. The van der Waals surface area contributed by atoms with E-state index in [0.29, 0.717) is 0 Å². The Bertz CT molecular complexity index is 577. The van der Waals surface area contributed by atoms with Crippen molar-refractivity contribution in [2.75, 3.05) is 45.9 Å². The number of benzene rings is 1. The van der Waals surface area contributed by atoms with E-state index in [1.165, 1.54) is 38.3 Å². The number of piperazine rings is 1. The van der Waals surface area contributed by atoms with Crippen LogP contribution in [0.15, 0.2) is 22.7 Å². The highest BCUT2D eigenvalue weighted by atomic mass is 79.9. The highest BCUT2D eigenvalue weighted by molar-refractivity contribution is 9.10. The van der Waals surface area contributed by atoms with Gasteiger partial charge in [-0.3, -0.25) is 0 Å². The first-order valence-electron chi connectivity index (χ1n) is 8.63. The number of halogens is 1. The van der Waals surface area contributed by atoms with Gasteiger partial charge in [0.1, 0.15) is 5.75 Å². The first kappa shape index (κ1) is 22.4. The lowest BCUT2D eigenvalue weighted by Gasteiger charge is -2.33. The molecule has 2 N–H and O–H groups in total. The van der Waals surface area contributed by atoms with Crippen LogP contribution in [0, 0.1) is 6.92 Å². The molecule has 0 aromatic heterocycles. The fourth-order valence-corrected chi connectivity index (χ4v) is 3.13. The van der Waals surface area contributed by atoms with Crippen LogP contribution in [0.3, 0.4) is 0 Å². The Kier molecular flexibility index (Phi) is 10.2. The molecule has 1 aliphatic heterocycles. The van der Waals surface area contributed by atoms with Crippen molar-refractivity contribution in [2.24, 2.45) is 0 Å². The molecule has 26 heavy (non-hydrogen) atoms. The monoisotopic (exact) mass is 430 g/mol. The van der Waals surface area contributed by atoms with Gasteiger partial charge in [0, 0.05) is 32.7 Å². The smallest absolute Gasteiger partial charge is 0.414 e. The molecule has 0 atom stereocenters. The van der Waals surface area contributed by atoms with Gasteiger partial charge in [0.15, 0.2) is 0 Å². The Labute approximate surface area is 162 Å². The molecule has 0 aliphatic carbocycles. The topological polar surface area (TPSA) is 90.3 Å². The van der Waals surface area contributed by atoms with Crippen LogP contribution in [0.25, 0.3) is 0 Å². The third kappa shape index (κ3) is 8.64. The number of carbonyl (C=O) groups is 2. The molecule has 0 radical (unpaired) electrons. The number of carboxylic acids is 2. The number of rotatable bonds is 6. The lowest BCUT2D eigenvalue weighted by atomic mass is 10.2. The van der Waals surface area contributed by atoms with Gasteiger partial charge in [-0.2, -0.15) is 0 Å². The third-order valence-corrected chi connectivity index (χ3v) is 4.68. The number of nitrogens with zero attached hydrogens (tertiary/aromatic N) is 2. The average Bonchev–Trinajstić information content (AvgIpc) is 2.61. The lowest BCUT2D eigenvalue weighted by molar-refractivity contribution is -0.159. The summed E-state index contributed by atoms with van der Waals surface area (Å²) >= 11 is 3.55. The van der Waals surface area contributed by atoms with Crippen molar-refractivity contribution in [3.05, 3.63) is 28.2 Å². The predicted molar refractivity (Wildman–Crippen MR) is 103 cm³/mol. The third-order valence-electron chi connectivity index (χ3n) is 4.06. The molecule has 2 rings (SSSR count). The zero-order valence-electron chi connectivity index (χ0n) is 15.3. The molecule has 0 unspecified atom stereocenters. The summed E-state index contributed by atoms with van der Waals surface area (Å²) in [5.74, 6) is -2.70. The molecule has 1 aliphatic rings. The van der Waals surface area contributed by atoms with Crippen LogP contribution >= 0.6 is 15.9 Å². The van der Waals surface area contributed by atoms with Crippen molar-refractivity contribution in [3.8, 4) is 5.75 Å². The van der Waals surface area contributed by atoms with E-state index in [4.69, 9.17) is 24.5 Å². The molecule has 0 spiro atoms. The van der Waals surface area contributed by atoms with E-state index in [2.05, 4.69) is 51.7 Å². The summed E-state index contributed by atoms with van der Waals surface area (Å²) < 4.78 is 6.89. The van der Waals surface area contributed by atoms with Crippen molar-refractivity contribution in [1.29, 1.82) is 0 Å². The second-order valence-corrected chi connectivity index (χ2v) is 6.88. The molecule has 1 saturated heterocycles. The van der Waals surface area contributed by atoms with Gasteiger partial charge in [-0.1, -0.05) is 13.0 Å². The fraction of sp³-hybridized carbons (Fsp3) is 0.556. The Morgan fingerprint density at radius 1 is 1.12 bits per heavy atom. The highest BCUT2D eigenvalue weighted by Crippen LogP contribution is 2.25. The van der Waals surface area contributed by atoms with Crippen molar-refractivity contribution >= 4 is 27.9 Å². The van der Waals surface area contributed by atoms with Crippen LogP contribution in [0.2, 0.25) is 0 Å². The Morgan fingerprint density at radius 2 is 1.69 bits per heavy atom. The van der Waals surface area contributed by atoms with E-state index in [1.807, 2.05) is 6.07 Å². The Morgan fingerprint density at radius 3 is 2.19 bits per heavy atom. The van der Waals surface area contributed by atoms with Gasteiger partial charge in [0.2, 0.25) is 0 Å². The standard InChI is InChI=1S/C16H25BrN2O.C2H2O4/c1-3-18-8-10-19(11-9-18)7-4-12-20-16-6-5-14(2)13-15(16)17;3-1(4)2(5)6/h5-6,13H,3-4,7-12H2,1-2H3;(H,3,4)(H,5,6). The van der Waals surface area contributed by atoms with Crippen LogP contribution in [-0.2, 0) is 9.59 Å². The normalized spacial score (nSPS) is 15.0. The van der Waals surface area contributed by atoms with Gasteiger partial charge in [-0.05, 0) is 53.5 Å². The molecule has 7 nitrogen and oxygen atoms in total. The van der Waals surface area contributed by atoms with E-state index < -0.39 is 11.9 Å². The number of aliphatic carboxylic acids is 2. The quantitative estimate of drug-likeness (QED) is 0.528. The maximum Gasteiger partial charge on any atom is 0.414 e. The number of carboxylic acid groups (broad SMARTS) is 2. The van der Waals surface area contributed by atoms with Gasteiger partial charge in [0.05, 0.1) is 11.1 Å². The second-order valence-electron chi connectivity index (χ2n) is 6.02. The molecule has 0 bridgehead atoms. The summed E-state index contributed by atoms with van der Waals surface area (Å²) in [5, 5.41) is 14.8. The zero-order chi connectivity index (χ0) is 19.5. The molecular formula is C18H27BrN2O5. The summed E-state index contributed by atoms with van der Waals surface area (Å²) in [5.41, 5.74) is 1.25. The van der Waals surface area contributed by atoms with Crippen LogP contribution in [0.4, 0.5) is 0 Å². The van der Waals surface area contributed by atoms with Crippen molar-refractivity contribution in [1.82, 2.24) is 9.80 Å². The van der Waals surface area contributed by atoms with Gasteiger partial charge in [-0.25, -0.2) is 9.59 Å². The number of ether oxygens (including phenoxy) is 1. The molecule has 1 heterocycles. The maximum absolute atomic E-state index is 9.10. The van der Waals surface area contributed by atoms with Crippen LogP contribution < -0.4 is 4.74 Å². The molecule has 1 fully saturated rings. The second kappa shape index (κ2) is 11.9. The van der Waals surface area contributed by atoms with E-state index >= 15 is 0 Å². The summed E-state index contributed by atoms with van der Waals surface area (Å²) in [6.07, 6.45) is 1.09. The summed E-state index contributed by atoms with van der Waals surface area (Å²) in [4.78, 5) is 23.3. The van der Waals surface area contributed by atoms with Crippen LogP contribution in [0.5, 0.6) is 5.75 Å². The van der Waals surface area contributed by atoms with Gasteiger partial charge < -0.3 is 24.7 Å². The molecule has 8 heteroatoms. The van der Waals surface area contributed by atoms with Gasteiger partial charge in [-0.15, -0.1) is 0 Å². The molecule has 1 aromatic rings. The summed E-state index contributed by atoms with van der Waals surface area (Å²) in [6.45, 7) is 12.2. The van der Waals surface area contributed by atoms with Crippen LogP contribution in [-0.4, -0.2) is 77.8 Å². The molecule has 0 saturated carbocycles. The van der Waals surface area contributed by atoms with Crippen molar-refractivity contribution in [3.63, 3.8) is 0 Å². The van der Waals surface area contributed by atoms with Gasteiger partial charge in [0.25, 0.3) is 0 Å². The van der Waals surface area contributed by atoms with E-state index in [9.17, 15) is 0 Å². The number of hydrogen-bond donors (Lipinski definition) is 2. The number of hydrogen-bond acceptors (Lipinski definition) is 5. The molecule has 0 amide bonds. The summed E-state index contributed by atoms with van der Waals surface area (Å²) in [7, 11) is 0. The fourth-order valence-electron chi connectivity index (χ4n) is 2.52. The molecule has 1 aromatic carbocycles. The minimum absolute atomic E-state index is 0.787. The highest BCUT2D eigenvalue weighted by Gasteiger charge is 2.14. The average molecular weight is 431 g/mol. The first-order chi connectivity index (χ1) is 12.3. The molecular weight excluding hydrogens is 404 g/mol. The van der Waals surface area contributed by atoms with Crippen molar-refractivity contribution in [2.45, 2.75) is 20.3 Å². The lowest BCUT2D eigenvalue weighted by Crippen LogP contribution is -2.46. The maximum atomic E-state index is 9.10. The SMILES string of the molecule is CCN1CCN(CCCOc2ccc(C)cc2Br)CC1.O=C(O)C(=O)O. The number of aryl methyl sites for hydroxylation is 1. The summed E-state index contributed by atoms with van der Waals surface area (Å²) in [6, 6.07) is 6.23. The zero-order valence-corrected chi connectivity index (χ0v) is 16.9. The predicted octanol–water partition coefficient (Wildman–Crippen LogP) is 2.32.